The summed E-state index contributed by atoms with van der Waals surface area (Å²) in [5.41, 5.74) is 0.654. The lowest BCUT2D eigenvalue weighted by Gasteiger charge is -2.37. The third-order valence-corrected chi connectivity index (χ3v) is 14.8. The molecule has 3 aromatic rings. The zero-order valence-electron chi connectivity index (χ0n) is 33.8. The number of hydrogen-bond donors (Lipinski definition) is 4. The van der Waals surface area contributed by atoms with Crippen molar-refractivity contribution in [3.05, 3.63) is 72.1 Å². The molecule has 2 aromatic carbocycles. The molecule has 3 aliphatic heterocycles. The Hall–Kier alpha value is -4.65. The Kier molecular flexibility index (Phi) is 10.8. The molecule has 1 spiro atoms. The maximum Gasteiger partial charge on any atom is 0.315 e. The number of aromatic nitrogens is 1. The number of nitrogens with one attached hydrogen (secondary N) is 4. The topological polar surface area (TPSA) is 142 Å². The van der Waals surface area contributed by atoms with Crippen LogP contribution in [0.1, 0.15) is 109 Å². The normalized spacial score (nSPS) is 29.7. The lowest BCUT2D eigenvalue weighted by atomic mass is 9.86. The van der Waals surface area contributed by atoms with E-state index in [2.05, 4.69) is 39.7 Å². The molecule has 5 atom stereocenters. The third kappa shape index (κ3) is 8.28. The number of aryl methyl sites for hydroxylation is 1. The predicted molar refractivity (Wildman–Crippen MR) is 226 cm³/mol. The summed E-state index contributed by atoms with van der Waals surface area (Å²) in [6.45, 7) is 2.22. The van der Waals surface area contributed by atoms with Crippen LogP contribution in [0.25, 0.3) is 22.2 Å². The summed E-state index contributed by atoms with van der Waals surface area (Å²) in [6, 6.07) is 12.0. The van der Waals surface area contributed by atoms with Crippen LogP contribution in [-0.4, -0.2) is 74.2 Å². The number of amides is 5. The highest BCUT2D eigenvalue weighted by molar-refractivity contribution is 7.99. The third-order valence-electron chi connectivity index (χ3n) is 13.6. The number of para-hydroxylation sites is 1. The largest absolute Gasteiger partial charge is 0.483 e. The second-order valence-electron chi connectivity index (χ2n) is 18.1. The van der Waals surface area contributed by atoms with Crippen LogP contribution < -0.4 is 25.4 Å². The van der Waals surface area contributed by atoms with Gasteiger partial charge in [-0.15, -0.1) is 0 Å². The number of ether oxygens (including phenoxy) is 1. The fourth-order valence-corrected chi connectivity index (χ4v) is 10.5. The Balaban J connectivity index is 1.06. The number of hydrogen-bond acceptors (Lipinski definition) is 7. The van der Waals surface area contributed by atoms with Gasteiger partial charge in [0, 0.05) is 39.6 Å². The van der Waals surface area contributed by atoms with E-state index in [1.54, 1.807) is 11.0 Å². The molecule has 59 heavy (non-hydrogen) atoms. The Labute approximate surface area is 349 Å². The molecule has 0 radical (unpaired) electrons. The van der Waals surface area contributed by atoms with Crippen molar-refractivity contribution in [1.82, 2.24) is 30.6 Å². The minimum Gasteiger partial charge on any atom is -0.483 e. The van der Waals surface area contributed by atoms with Gasteiger partial charge < -0.3 is 25.6 Å². The van der Waals surface area contributed by atoms with Gasteiger partial charge in [-0.2, -0.15) is 0 Å². The standard InChI is InChI=1S/C46H55FN6O5S/c1-44(23-24-44)59-52-42(56)46-26-30(46)14-6-3-2-4-9-20-36(50-43(57)48-32-16-7-5-8-17-32)41(55)53-28-45(27-37(53)40(54)51-46)22-21-34-33-18-10-11-19-35(33)49-38(39(34)58-45)29-13-12-15-31(47)25-29/h6,10-15,18-19,25,30,32,36-37H,2-5,7-9,16-17,20-24,26-28H2,1H3,(H,51,54)(H,52,56)(H2,48,50,57)/b14-6-/t30-,36+,37+,45-,46-/m1/s1. The molecule has 13 heteroatoms. The van der Waals surface area contributed by atoms with Crippen molar-refractivity contribution in [3.63, 3.8) is 0 Å². The van der Waals surface area contributed by atoms with Crippen molar-refractivity contribution in [3.8, 4) is 17.0 Å². The summed E-state index contributed by atoms with van der Waals surface area (Å²) in [5, 5.41) is 10.3. The van der Waals surface area contributed by atoms with Gasteiger partial charge in [0.25, 0.3) is 5.91 Å². The van der Waals surface area contributed by atoms with E-state index in [1.807, 2.05) is 30.3 Å². The monoisotopic (exact) mass is 822 g/mol. The maximum atomic E-state index is 15.0. The van der Waals surface area contributed by atoms with Crippen LogP contribution in [0, 0.1) is 11.7 Å². The average Bonchev–Trinajstić information content (AvgIpc) is 4.12. The van der Waals surface area contributed by atoms with Gasteiger partial charge in [0.1, 0.15) is 40.5 Å². The molecule has 4 heterocycles. The number of carbonyl (C=O) groups excluding carboxylic acids is 4. The van der Waals surface area contributed by atoms with E-state index in [-0.39, 0.29) is 47.5 Å². The van der Waals surface area contributed by atoms with Gasteiger partial charge >= 0.3 is 6.03 Å². The lowest BCUT2D eigenvalue weighted by molar-refractivity contribution is -0.141. The van der Waals surface area contributed by atoms with Crippen LogP contribution in [-0.2, 0) is 20.8 Å². The first-order valence-electron chi connectivity index (χ1n) is 21.8. The SMILES string of the molecule is CC1(SNC(=O)[C@@]23C[C@H]2/C=C\CCCCC[C@H](NC(=O)NC2CCCCC2)C(=O)N2C[C@@]4(CCc5c(c(-c6cccc(F)c6)nc6ccccc56)O4)C[C@H]2C(=O)N3)CC1. The summed E-state index contributed by atoms with van der Waals surface area (Å²) in [7, 11) is 0. The van der Waals surface area contributed by atoms with Crippen molar-refractivity contribution >= 4 is 46.6 Å². The number of urea groups is 1. The number of fused-ring (bicyclic) bond motifs is 5. The smallest absolute Gasteiger partial charge is 0.315 e. The molecule has 5 amide bonds. The van der Waals surface area contributed by atoms with Crippen molar-refractivity contribution in [2.24, 2.45) is 5.92 Å². The summed E-state index contributed by atoms with van der Waals surface area (Å²) in [4.78, 5) is 64.1. The number of rotatable bonds is 6. The molecule has 0 bridgehead atoms. The fourth-order valence-electron chi connectivity index (χ4n) is 9.70. The number of halogens is 1. The molecule has 9 rings (SSSR count). The van der Waals surface area contributed by atoms with Crippen LogP contribution in [0.15, 0.2) is 60.7 Å². The Bertz CT molecular complexity index is 2170. The molecule has 3 aliphatic carbocycles. The summed E-state index contributed by atoms with van der Waals surface area (Å²) in [6.07, 6.45) is 16.7. The average molecular weight is 823 g/mol. The summed E-state index contributed by atoms with van der Waals surface area (Å²) < 4.78 is 24.9. The minimum atomic E-state index is -1.14. The molecule has 312 valence electrons. The van der Waals surface area contributed by atoms with E-state index >= 15 is 4.79 Å². The molecule has 4 N–H and O–H groups in total. The zero-order chi connectivity index (χ0) is 40.8. The minimum absolute atomic E-state index is 0.00183. The summed E-state index contributed by atoms with van der Waals surface area (Å²) in [5.74, 6) is -1.03. The molecule has 1 saturated heterocycles. The number of pyridine rings is 1. The van der Waals surface area contributed by atoms with Crippen molar-refractivity contribution in [1.29, 1.82) is 0 Å². The molecule has 0 unspecified atom stereocenters. The number of benzene rings is 2. The molecule has 6 aliphatic rings. The predicted octanol–water partition coefficient (Wildman–Crippen LogP) is 7.42. The molecular weight excluding hydrogens is 768 g/mol. The Morgan fingerprint density at radius 1 is 0.949 bits per heavy atom. The fraction of sp³-hybridized carbons (Fsp3) is 0.543. The second kappa shape index (κ2) is 16.1. The van der Waals surface area contributed by atoms with Crippen molar-refractivity contribution in [2.45, 2.75) is 144 Å². The van der Waals surface area contributed by atoms with Gasteiger partial charge in [0.05, 0.1) is 12.1 Å². The van der Waals surface area contributed by atoms with Gasteiger partial charge in [0.15, 0.2) is 0 Å². The number of carbonyl (C=O) groups is 4. The van der Waals surface area contributed by atoms with Crippen molar-refractivity contribution < 1.29 is 28.3 Å². The van der Waals surface area contributed by atoms with Crippen LogP contribution in [0.5, 0.6) is 5.75 Å². The number of allylic oxidation sites excluding steroid dienone is 1. The maximum absolute atomic E-state index is 15.0. The second-order valence-corrected chi connectivity index (χ2v) is 19.5. The van der Waals surface area contributed by atoms with E-state index in [1.165, 1.54) is 24.1 Å². The summed E-state index contributed by atoms with van der Waals surface area (Å²) >= 11 is 1.43. The zero-order valence-corrected chi connectivity index (χ0v) is 34.6. The van der Waals surface area contributed by atoms with Gasteiger partial charge in [-0.1, -0.05) is 74.6 Å². The van der Waals surface area contributed by atoms with Gasteiger partial charge in [-0.3, -0.25) is 19.1 Å². The van der Waals surface area contributed by atoms with Gasteiger partial charge in [-0.25, -0.2) is 14.2 Å². The highest BCUT2D eigenvalue weighted by Gasteiger charge is 2.62. The highest BCUT2D eigenvalue weighted by Crippen LogP contribution is 2.51. The van der Waals surface area contributed by atoms with E-state index in [9.17, 15) is 18.8 Å². The van der Waals surface area contributed by atoms with E-state index < -0.39 is 34.9 Å². The van der Waals surface area contributed by atoms with Crippen LogP contribution in [0.2, 0.25) is 0 Å². The molecule has 1 aromatic heterocycles. The van der Waals surface area contributed by atoms with Gasteiger partial charge in [0.2, 0.25) is 11.8 Å². The van der Waals surface area contributed by atoms with Crippen LogP contribution in [0.3, 0.4) is 0 Å². The molecule has 3 saturated carbocycles. The Morgan fingerprint density at radius 2 is 1.75 bits per heavy atom. The number of nitrogens with zero attached hydrogens (tertiary/aromatic N) is 2. The lowest BCUT2D eigenvalue weighted by Crippen LogP contribution is -2.58. The van der Waals surface area contributed by atoms with E-state index in [0.29, 0.717) is 42.7 Å². The molecule has 11 nitrogen and oxygen atoms in total. The Morgan fingerprint density at radius 3 is 2.56 bits per heavy atom. The van der Waals surface area contributed by atoms with Crippen LogP contribution >= 0.6 is 11.9 Å². The van der Waals surface area contributed by atoms with E-state index in [4.69, 9.17) is 9.72 Å². The van der Waals surface area contributed by atoms with Gasteiger partial charge in [-0.05, 0) is 101 Å². The first kappa shape index (κ1) is 39.8. The molecular formula is C46H55FN6O5S. The molecule has 4 fully saturated rings. The highest BCUT2D eigenvalue weighted by atomic mass is 32.2. The first-order valence-corrected chi connectivity index (χ1v) is 22.6. The van der Waals surface area contributed by atoms with Crippen LogP contribution in [0.4, 0.5) is 9.18 Å². The first-order chi connectivity index (χ1) is 28.5. The van der Waals surface area contributed by atoms with E-state index in [0.717, 1.165) is 87.1 Å². The quantitative estimate of drug-likeness (QED) is 0.150. The van der Waals surface area contributed by atoms with Crippen molar-refractivity contribution in [2.75, 3.05) is 6.54 Å².